The highest BCUT2D eigenvalue weighted by atomic mass is 32.1. The topological polar surface area (TPSA) is 58.6 Å². The zero-order chi connectivity index (χ0) is 13.3. The Morgan fingerprint density at radius 2 is 2.06 bits per heavy atom. The van der Waals surface area contributed by atoms with Crippen molar-refractivity contribution in [3.8, 4) is 0 Å². The van der Waals surface area contributed by atoms with Gasteiger partial charge in [-0.1, -0.05) is 0 Å². The molecular formula is C11H22N2O3S. The van der Waals surface area contributed by atoms with Crippen LogP contribution in [0.1, 0.15) is 20.8 Å². The molecule has 1 unspecified atom stereocenters. The van der Waals surface area contributed by atoms with Crippen molar-refractivity contribution < 1.29 is 14.3 Å². The normalized spacial score (nSPS) is 12.0. The lowest BCUT2D eigenvalue weighted by Crippen LogP contribution is -2.49. The Labute approximate surface area is 108 Å². The lowest BCUT2D eigenvalue weighted by molar-refractivity contribution is -0.135. The Bertz CT molecular complexity index is 249. The summed E-state index contributed by atoms with van der Waals surface area (Å²) in [5, 5.41) is 2.59. The molecule has 0 aliphatic rings. The standard InChI is InChI=1S/C11H22N2O3S/c1-4-13(6-7-16-5-2)11(15)10(8-17)12-9(3)14/h10,17H,4-8H2,1-3H3,(H,12,14). The molecule has 0 aromatic heterocycles. The zero-order valence-electron chi connectivity index (χ0n) is 10.7. The second-order valence-corrected chi connectivity index (χ2v) is 3.92. The SMILES string of the molecule is CCOCCN(CC)C(=O)C(CS)NC(C)=O. The van der Waals surface area contributed by atoms with Crippen LogP contribution < -0.4 is 5.32 Å². The summed E-state index contributed by atoms with van der Waals surface area (Å²) in [5.41, 5.74) is 0. The van der Waals surface area contributed by atoms with E-state index in [4.69, 9.17) is 4.74 Å². The summed E-state index contributed by atoms with van der Waals surface area (Å²) in [6.45, 7) is 7.46. The molecule has 0 fully saturated rings. The monoisotopic (exact) mass is 262 g/mol. The number of rotatable bonds is 8. The third-order valence-electron chi connectivity index (χ3n) is 2.26. The Hall–Kier alpha value is -0.750. The number of thiol groups is 1. The fourth-order valence-electron chi connectivity index (χ4n) is 1.39. The third kappa shape index (κ3) is 6.53. The Balaban J connectivity index is 4.32. The van der Waals surface area contributed by atoms with Crippen LogP contribution >= 0.6 is 12.6 Å². The molecule has 100 valence electrons. The minimum Gasteiger partial charge on any atom is -0.380 e. The number of amides is 2. The van der Waals surface area contributed by atoms with Gasteiger partial charge in [0.1, 0.15) is 6.04 Å². The zero-order valence-corrected chi connectivity index (χ0v) is 11.6. The molecule has 5 nitrogen and oxygen atoms in total. The van der Waals surface area contributed by atoms with Gasteiger partial charge in [-0.3, -0.25) is 9.59 Å². The van der Waals surface area contributed by atoms with Gasteiger partial charge in [0.2, 0.25) is 11.8 Å². The highest BCUT2D eigenvalue weighted by molar-refractivity contribution is 7.80. The van der Waals surface area contributed by atoms with Crippen molar-refractivity contribution in [1.29, 1.82) is 0 Å². The summed E-state index contributed by atoms with van der Waals surface area (Å²) in [6.07, 6.45) is 0. The number of carbonyl (C=O) groups is 2. The summed E-state index contributed by atoms with van der Waals surface area (Å²) in [6, 6.07) is -0.558. The first-order valence-corrected chi connectivity index (χ1v) is 6.44. The molecule has 1 N–H and O–H groups in total. The van der Waals surface area contributed by atoms with Crippen LogP contribution in [0.25, 0.3) is 0 Å². The van der Waals surface area contributed by atoms with Crippen LogP contribution in [-0.4, -0.2) is 54.8 Å². The molecule has 0 bridgehead atoms. The van der Waals surface area contributed by atoms with Gasteiger partial charge in [0.05, 0.1) is 6.61 Å². The van der Waals surface area contributed by atoms with Crippen LogP contribution in [-0.2, 0) is 14.3 Å². The van der Waals surface area contributed by atoms with Gasteiger partial charge in [-0.25, -0.2) is 0 Å². The number of carbonyl (C=O) groups excluding carboxylic acids is 2. The van der Waals surface area contributed by atoms with E-state index in [0.29, 0.717) is 32.1 Å². The lowest BCUT2D eigenvalue weighted by Gasteiger charge is -2.25. The highest BCUT2D eigenvalue weighted by Crippen LogP contribution is 1.98. The second-order valence-electron chi connectivity index (χ2n) is 3.55. The van der Waals surface area contributed by atoms with Crippen LogP contribution in [0, 0.1) is 0 Å². The molecule has 17 heavy (non-hydrogen) atoms. The smallest absolute Gasteiger partial charge is 0.246 e. The molecule has 0 aliphatic carbocycles. The maximum Gasteiger partial charge on any atom is 0.246 e. The lowest BCUT2D eigenvalue weighted by atomic mass is 10.2. The van der Waals surface area contributed by atoms with Crippen LogP contribution in [0.5, 0.6) is 0 Å². The summed E-state index contributed by atoms with van der Waals surface area (Å²) < 4.78 is 5.21. The van der Waals surface area contributed by atoms with E-state index in [1.54, 1.807) is 4.90 Å². The van der Waals surface area contributed by atoms with Gasteiger partial charge in [-0.05, 0) is 13.8 Å². The van der Waals surface area contributed by atoms with E-state index < -0.39 is 6.04 Å². The van der Waals surface area contributed by atoms with E-state index in [1.165, 1.54) is 6.92 Å². The first-order valence-electron chi connectivity index (χ1n) is 5.81. The molecule has 0 rings (SSSR count). The van der Waals surface area contributed by atoms with E-state index >= 15 is 0 Å². The average Bonchev–Trinajstić information content (AvgIpc) is 2.30. The molecule has 0 saturated carbocycles. The van der Waals surface area contributed by atoms with Crippen molar-refractivity contribution in [3.05, 3.63) is 0 Å². The third-order valence-corrected chi connectivity index (χ3v) is 2.63. The predicted molar refractivity (Wildman–Crippen MR) is 70.2 cm³/mol. The molecule has 0 aromatic carbocycles. The van der Waals surface area contributed by atoms with Crippen LogP contribution in [0.3, 0.4) is 0 Å². The summed E-state index contributed by atoms with van der Waals surface area (Å²) >= 11 is 4.08. The summed E-state index contributed by atoms with van der Waals surface area (Å²) in [5.74, 6) is -0.0422. The minimum atomic E-state index is -0.558. The van der Waals surface area contributed by atoms with Crippen molar-refractivity contribution in [2.24, 2.45) is 0 Å². The Morgan fingerprint density at radius 3 is 2.47 bits per heavy atom. The first kappa shape index (κ1) is 16.2. The minimum absolute atomic E-state index is 0.114. The Kier molecular flexibility index (Phi) is 8.89. The van der Waals surface area contributed by atoms with Crippen molar-refractivity contribution in [3.63, 3.8) is 0 Å². The highest BCUT2D eigenvalue weighted by Gasteiger charge is 2.22. The largest absolute Gasteiger partial charge is 0.380 e. The number of likely N-dealkylation sites (N-methyl/N-ethyl adjacent to an activating group) is 1. The predicted octanol–water partition coefficient (Wildman–Crippen LogP) is 0.306. The quantitative estimate of drug-likeness (QED) is 0.489. The van der Waals surface area contributed by atoms with Crippen molar-refractivity contribution >= 4 is 24.4 Å². The number of nitrogens with zero attached hydrogens (tertiary/aromatic N) is 1. The first-order chi connectivity index (χ1) is 8.06. The number of hydrogen-bond acceptors (Lipinski definition) is 4. The van der Waals surface area contributed by atoms with Crippen molar-refractivity contribution in [2.45, 2.75) is 26.8 Å². The second kappa shape index (κ2) is 9.30. The molecule has 0 heterocycles. The fraction of sp³-hybridized carbons (Fsp3) is 0.818. The van der Waals surface area contributed by atoms with Gasteiger partial charge in [-0.15, -0.1) is 0 Å². The maximum absolute atomic E-state index is 12.0. The number of nitrogens with one attached hydrogen (secondary N) is 1. The van der Waals surface area contributed by atoms with E-state index in [1.807, 2.05) is 13.8 Å². The molecule has 1 atom stereocenters. The van der Waals surface area contributed by atoms with E-state index in [0.717, 1.165) is 0 Å². The van der Waals surface area contributed by atoms with Crippen LogP contribution in [0.15, 0.2) is 0 Å². The van der Waals surface area contributed by atoms with Crippen molar-refractivity contribution in [2.75, 3.05) is 32.1 Å². The van der Waals surface area contributed by atoms with Gasteiger partial charge < -0.3 is 15.0 Å². The van der Waals surface area contributed by atoms with Gasteiger partial charge in [0.15, 0.2) is 0 Å². The molecule has 0 aliphatic heterocycles. The van der Waals surface area contributed by atoms with Crippen LogP contribution in [0.2, 0.25) is 0 Å². The van der Waals surface area contributed by atoms with Crippen molar-refractivity contribution in [1.82, 2.24) is 10.2 Å². The van der Waals surface area contributed by atoms with Gasteiger partial charge in [-0.2, -0.15) is 12.6 Å². The number of hydrogen-bond donors (Lipinski definition) is 2. The van der Waals surface area contributed by atoms with E-state index in [9.17, 15) is 9.59 Å². The van der Waals surface area contributed by atoms with Gasteiger partial charge in [0, 0.05) is 32.4 Å². The van der Waals surface area contributed by atoms with E-state index in [-0.39, 0.29) is 11.8 Å². The number of ether oxygens (including phenoxy) is 1. The molecule has 0 saturated heterocycles. The molecule has 0 radical (unpaired) electrons. The van der Waals surface area contributed by atoms with Gasteiger partial charge >= 0.3 is 0 Å². The molecule has 2 amide bonds. The maximum atomic E-state index is 12.0. The fourth-order valence-corrected chi connectivity index (χ4v) is 1.64. The van der Waals surface area contributed by atoms with E-state index in [2.05, 4.69) is 17.9 Å². The van der Waals surface area contributed by atoms with Crippen LogP contribution in [0.4, 0.5) is 0 Å². The average molecular weight is 262 g/mol. The Morgan fingerprint density at radius 1 is 1.41 bits per heavy atom. The summed E-state index contributed by atoms with van der Waals surface area (Å²) in [7, 11) is 0. The van der Waals surface area contributed by atoms with Gasteiger partial charge in [0.25, 0.3) is 0 Å². The molecular weight excluding hydrogens is 240 g/mol. The molecule has 6 heteroatoms. The molecule has 0 aromatic rings. The molecule has 0 spiro atoms. The summed E-state index contributed by atoms with van der Waals surface area (Å²) in [4.78, 5) is 24.6.